The molecular weight excluding hydrogens is 304 g/mol. The number of rotatable bonds is 14. The highest BCUT2D eigenvalue weighted by Gasteiger charge is 2.15. The molecule has 1 aliphatic heterocycles. The molecule has 0 radical (unpaired) electrons. The lowest BCUT2D eigenvalue weighted by atomic mass is 10.2. The van der Waals surface area contributed by atoms with Crippen molar-refractivity contribution in [1.29, 1.82) is 0 Å². The SMILES string of the molecule is COCOC(CCCOC1CCCCO1)COCC(O)COC. The second-order valence-electron chi connectivity index (χ2n) is 5.65. The minimum Gasteiger partial charge on any atom is -0.388 e. The van der Waals surface area contributed by atoms with Crippen LogP contribution in [0.25, 0.3) is 0 Å². The van der Waals surface area contributed by atoms with Crippen LogP contribution >= 0.6 is 0 Å². The Morgan fingerprint density at radius 3 is 2.70 bits per heavy atom. The summed E-state index contributed by atoms with van der Waals surface area (Å²) in [6, 6.07) is 0. The van der Waals surface area contributed by atoms with Crippen molar-refractivity contribution in [3.05, 3.63) is 0 Å². The molecule has 0 aromatic rings. The molecule has 23 heavy (non-hydrogen) atoms. The Labute approximate surface area is 139 Å². The number of hydrogen-bond acceptors (Lipinski definition) is 7. The van der Waals surface area contributed by atoms with E-state index in [0.29, 0.717) is 13.2 Å². The van der Waals surface area contributed by atoms with E-state index in [0.717, 1.165) is 32.3 Å². The summed E-state index contributed by atoms with van der Waals surface area (Å²) in [7, 11) is 3.13. The fourth-order valence-electron chi connectivity index (χ4n) is 2.32. The Morgan fingerprint density at radius 2 is 2.00 bits per heavy atom. The van der Waals surface area contributed by atoms with Crippen LogP contribution in [0.2, 0.25) is 0 Å². The summed E-state index contributed by atoms with van der Waals surface area (Å²) in [5.74, 6) is 0. The molecule has 1 aliphatic rings. The van der Waals surface area contributed by atoms with E-state index in [4.69, 9.17) is 28.4 Å². The molecule has 0 aromatic carbocycles. The summed E-state index contributed by atoms with van der Waals surface area (Å²) in [6.45, 7) is 2.56. The Morgan fingerprint density at radius 1 is 1.13 bits per heavy atom. The van der Waals surface area contributed by atoms with Gasteiger partial charge in [-0.2, -0.15) is 0 Å². The molecule has 0 aliphatic carbocycles. The van der Waals surface area contributed by atoms with Crippen LogP contribution in [0.4, 0.5) is 0 Å². The zero-order valence-corrected chi connectivity index (χ0v) is 14.4. The third-order valence-corrected chi connectivity index (χ3v) is 3.51. The largest absolute Gasteiger partial charge is 0.388 e. The molecule has 1 saturated heterocycles. The Hall–Kier alpha value is -0.280. The molecular formula is C16H32O7. The summed E-state index contributed by atoms with van der Waals surface area (Å²) < 4.78 is 32.1. The third kappa shape index (κ3) is 11.0. The van der Waals surface area contributed by atoms with Gasteiger partial charge in [0.15, 0.2) is 6.29 Å². The molecule has 1 heterocycles. The highest BCUT2D eigenvalue weighted by Crippen LogP contribution is 2.14. The molecule has 1 N–H and O–H groups in total. The first kappa shape index (κ1) is 20.8. The number of aliphatic hydroxyl groups excluding tert-OH is 1. The van der Waals surface area contributed by atoms with Gasteiger partial charge in [-0.05, 0) is 32.1 Å². The summed E-state index contributed by atoms with van der Waals surface area (Å²) >= 11 is 0. The van der Waals surface area contributed by atoms with E-state index in [1.807, 2.05) is 0 Å². The van der Waals surface area contributed by atoms with Crippen molar-refractivity contribution in [3.63, 3.8) is 0 Å². The van der Waals surface area contributed by atoms with E-state index in [2.05, 4.69) is 0 Å². The molecule has 0 amide bonds. The smallest absolute Gasteiger partial charge is 0.157 e. The summed E-state index contributed by atoms with van der Waals surface area (Å²) in [6.07, 6.45) is 4.18. The molecule has 7 heteroatoms. The van der Waals surface area contributed by atoms with E-state index in [9.17, 15) is 5.11 Å². The lowest BCUT2D eigenvalue weighted by Gasteiger charge is -2.23. The molecule has 1 fully saturated rings. The monoisotopic (exact) mass is 336 g/mol. The fraction of sp³-hybridized carbons (Fsp3) is 1.00. The second kappa shape index (κ2) is 14.1. The van der Waals surface area contributed by atoms with Crippen molar-refractivity contribution < 1.29 is 33.5 Å². The zero-order chi connectivity index (χ0) is 16.8. The van der Waals surface area contributed by atoms with Crippen molar-refractivity contribution in [3.8, 4) is 0 Å². The van der Waals surface area contributed by atoms with Crippen LogP contribution in [0.1, 0.15) is 32.1 Å². The van der Waals surface area contributed by atoms with Gasteiger partial charge in [0.05, 0.1) is 25.9 Å². The van der Waals surface area contributed by atoms with Crippen molar-refractivity contribution in [2.45, 2.75) is 50.6 Å². The van der Waals surface area contributed by atoms with Crippen LogP contribution in [-0.4, -0.2) is 77.7 Å². The van der Waals surface area contributed by atoms with Crippen LogP contribution in [0, 0.1) is 0 Å². The molecule has 0 aromatic heterocycles. The van der Waals surface area contributed by atoms with Gasteiger partial charge in [0, 0.05) is 27.4 Å². The Kier molecular flexibility index (Phi) is 12.7. The van der Waals surface area contributed by atoms with Gasteiger partial charge in [0.2, 0.25) is 0 Å². The molecule has 1 rings (SSSR count). The van der Waals surface area contributed by atoms with E-state index in [1.54, 1.807) is 14.2 Å². The zero-order valence-electron chi connectivity index (χ0n) is 14.4. The van der Waals surface area contributed by atoms with Crippen LogP contribution in [-0.2, 0) is 28.4 Å². The molecule has 7 nitrogen and oxygen atoms in total. The standard InChI is InChI=1S/C16H32O7/c1-18-10-14(17)11-20-12-15(23-13-19-2)6-5-9-22-16-7-3-4-8-21-16/h14-17H,3-13H2,1-2H3. The first-order chi connectivity index (χ1) is 11.3. The average Bonchev–Trinajstić information content (AvgIpc) is 2.57. The molecule has 138 valence electrons. The summed E-state index contributed by atoms with van der Waals surface area (Å²) in [5.41, 5.74) is 0. The van der Waals surface area contributed by atoms with Crippen LogP contribution in [0.5, 0.6) is 0 Å². The quantitative estimate of drug-likeness (QED) is 0.379. The maximum absolute atomic E-state index is 9.55. The maximum Gasteiger partial charge on any atom is 0.157 e. The normalized spacial score (nSPS) is 21.3. The van der Waals surface area contributed by atoms with Gasteiger partial charge >= 0.3 is 0 Å². The molecule has 0 saturated carbocycles. The topological polar surface area (TPSA) is 75.6 Å². The lowest BCUT2D eigenvalue weighted by molar-refractivity contribution is -0.165. The first-order valence-electron chi connectivity index (χ1n) is 8.34. The van der Waals surface area contributed by atoms with Gasteiger partial charge in [-0.25, -0.2) is 0 Å². The molecule has 3 atom stereocenters. The van der Waals surface area contributed by atoms with Crippen LogP contribution < -0.4 is 0 Å². The highest BCUT2D eigenvalue weighted by atomic mass is 16.7. The van der Waals surface area contributed by atoms with E-state index in [1.165, 1.54) is 6.42 Å². The highest BCUT2D eigenvalue weighted by molar-refractivity contribution is 4.60. The van der Waals surface area contributed by atoms with Crippen LogP contribution in [0.15, 0.2) is 0 Å². The van der Waals surface area contributed by atoms with E-state index < -0.39 is 6.10 Å². The number of ether oxygens (including phenoxy) is 6. The van der Waals surface area contributed by atoms with E-state index >= 15 is 0 Å². The minimum absolute atomic E-state index is 0.0532. The van der Waals surface area contributed by atoms with Gasteiger partial charge in [-0.1, -0.05) is 0 Å². The lowest BCUT2D eigenvalue weighted by Crippen LogP contribution is -2.27. The van der Waals surface area contributed by atoms with Crippen molar-refractivity contribution in [2.75, 3.05) is 54.0 Å². The van der Waals surface area contributed by atoms with Gasteiger partial charge < -0.3 is 33.5 Å². The summed E-state index contributed by atoms with van der Waals surface area (Å²) in [5, 5.41) is 9.55. The second-order valence-corrected chi connectivity index (χ2v) is 5.65. The average molecular weight is 336 g/mol. The van der Waals surface area contributed by atoms with Crippen molar-refractivity contribution in [1.82, 2.24) is 0 Å². The maximum atomic E-state index is 9.55. The van der Waals surface area contributed by atoms with Crippen molar-refractivity contribution in [2.24, 2.45) is 0 Å². The third-order valence-electron chi connectivity index (χ3n) is 3.51. The van der Waals surface area contributed by atoms with E-state index in [-0.39, 0.29) is 32.4 Å². The fourth-order valence-corrected chi connectivity index (χ4v) is 2.32. The first-order valence-corrected chi connectivity index (χ1v) is 8.34. The molecule has 0 spiro atoms. The Bertz CT molecular complexity index is 259. The summed E-state index contributed by atoms with van der Waals surface area (Å²) in [4.78, 5) is 0. The molecule has 3 unspecified atom stereocenters. The van der Waals surface area contributed by atoms with Gasteiger partial charge in [-0.3, -0.25) is 0 Å². The Balaban J connectivity index is 2.11. The number of aliphatic hydroxyl groups is 1. The minimum atomic E-state index is -0.616. The number of methoxy groups -OCH3 is 2. The predicted molar refractivity (Wildman–Crippen MR) is 84.2 cm³/mol. The van der Waals surface area contributed by atoms with Gasteiger partial charge in [0.1, 0.15) is 12.9 Å². The van der Waals surface area contributed by atoms with Crippen molar-refractivity contribution >= 4 is 0 Å². The number of hydrogen-bond donors (Lipinski definition) is 1. The predicted octanol–water partition coefficient (Wildman–Crippen LogP) is 1.32. The van der Waals surface area contributed by atoms with Gasteiger partial charge in [-0.15, -0.1) is 0 Å². The molecule has 0 bridgehead atoms. The van der Waals surface area contributed by atoms with Gasteiger partial charge in [0.25, 0.3) is 0 Å². The van der Waals surface area contributed by atoms with Crippen LogP contribution in [0.3, 0.4) is 0 Å².